The lowest BCUT2D eigenvalue weighted by molar-refractivity contribution is -0.151. The van der Waals surface area contributed by atoms with Crippen molar-refractivity contribution in [2.75, 3.05) is 13.1 Å². The van der Waals surface area contributed by atoms with Crippen molar-refractivity contribution in [1.29, 1.82) is 0 Å². The van der Waals surface area contributed by atoms with Crippen molar-refractivity contribution < 1.29 is 9.59 Å². The Morgan fingerprint density at radius 1 is 1.22 bits per heavy atom. The first-order valence-electron chi connectivity index (χ1n) is 7.21. The Balaban J connectivity index is 2.09. The number of hydrogen-bond acceptors (Lipinski definition) is 2. The van der Waals surface area contributed by atoms with Gasteiger partial charge in [-0.15, -0.1) is 0 Å². The summed E-state index contributed by atoms with van der Waals surface area (Å²) in [6, 6.07) is 0. The number of carbonyl (C=O) groups is 2. The van der Waals surface area contributed by atoms with Crippen LogP contribution in [-0.2, 0) is 9.59 Å². The maximum absolute atomic E-state index is 12.6. The van der Waals surface area contributed by atoms with E-state index in [0.717, 1.165) is 6.54 Å². The normalized spacial score (nSPS) is 24.4. The molecule has 2 amide bonds. The van der Waals surface area contributed by atoms with Gasteiger partial charge in [-0.3, -0.25) is 9.59 Å². The standard InChI is InChI=1S/C14H24N2O2/c1-3-14(4-2)13(18)16(10-12(17)15-14)9-11-7-5-6-8-11/h11H,3-10H2,1-2H3,(H,15,17). The van der Waals surface area contributed by atoms with Gasteiger partial charge in [0.25, 0.3) is 0 Å². The summed E-state index contributed by atoms with van der Waals surface area (Å²) in [6.07, 6.45) is 6.30. The highest BCUT2D eigenvalue weighted by molar-refractivity contribution is 5.97. The summed E-state index contributed by atoms with van der Waals surface area (Å²) in [5.41, 5.74) is -0.645. The molecule has 1 aliphatic heterocycles. The molecule has 0 aromatic rings. The van der Waals surface area contributed by atoms with E-state index in [1.54, 1.807) is 4.90 Å². The van der Waals surface area contributed by atoms with Crippen LogP contribution in [0, 0.1) is 5.92 Å². The van der Waals surface area contributed by atoms with E-state index >= 15 is 0 Å². The molecule has 4 nitrogen and oxygen atoms in total. The second-order valence-electron chi connectivity index (χ2n) is 5.67. The number of hydrogen-bond donors (Lipinski definition) is 1. The van der Waals surface area contributed by atoms with E-state index in [4.69, 9.17) is 0 Å². The zero-order chi connectivity index (χ0) is 13.2. The SMILES string of the molecule is CCC1(CC)NC(=O)CN(CC2CCCC2)C1=O. The molecular weight excluding hydrogens is 228 g/mol. The highest BCUT2D eigenvalue weighted by Gasteiger charge is 2.44. The van der Waals surface area contributed by atoms with Crippen LogP contribution in [0.15, 0.2) is 0 Å². The molecule has 2 rings (SSSR count). The summed E-state index contributed by atoms with van der Waals surface area (Å²) >= 11 is 0. The summed E-state index contributed by atoms with van der Waals surface area (Å²) in [5, 5.41) is 2.90. The van der Waals surface area contributed by atoms with Crippen LogP contribution in [0.5, 0.6) is 0 Å². The molecule has 0 bridgehead atoms. The van der Waals surface area contributed by atoms with Crippen LogP contribution in [0.2, 0.25) is 0 Å². The van der Waals surface area contributed by atoms with Crippen LogP contribution < -0.4 is 5.32 Å². The van der Waals surface area contributed by atoms with Crippen LogP contribution in [0.3, 0.4) is 0 Å². The first kappa shape index (κ1) is 13.4. The van der Waals surface area contributed by atoms with Crippen LogP contribution >= 0.6 is 0 Å². The molecule has 1 N–H and O–H groups in total. The van der Waals surface area contributed by atoms with Crippen LogP contribution in [0.25, 0.3) is 0 Å². The van der Waals surface area contributed by atoms with E-state index in [0.29, 0.717) is 18.8 Å². The van der Waals surface area contributed by atoms with Crippen molar-refractivity contribution in [3.8, 4) is 0 Å². The maximum Gasteiger partial charge on any atom is 0.248 e. The van der Waals surface area contributed by atoms with Gasteiger partial charge in [0.15, 0.2) is 0 Å². The molecule has 2 fully saturated rings. The molecule has 0 atom stereocenters. The lowest BCUT2D eigenvalue weighted by atomic mass is 9.88. The topological polar surface area (TPSA) is 49.4 Å². The van der Waals surface area contributed by atoms with Crippen molar-refractivity contribution in [3.63, 3.8) is 0 Å². The van der Waals surface area contributed by atoms with Gasteiger partial charge in [0.2, 0.25) is 11.8 Å². The molecule has 0 unspecified atom stereocenters. The molecular formula is C14H24N2O2. The lowest BCUT2D eigenvalue weighted by Gasteiger charge is -2.42. The van der Waals surface area contributed by atoms with Crippen LogP contribution in [0.1, 0.15) is 52.4 Å². The third-order valence-corrected chi connectivity index (χ3v) is 4.57. The fourth-order valence-corrected chi connectivity index (χ4v) is 3.29. The molecule has 2 aliphatic rings. The molecule has 1 saturated carbocycles. The highest BCUT2D eigenvalue weighted by atomic mass is 16.2. The predicted octanol–water partition coefficient (Wildman–Crippen LogP) is 1.69. The number of piperazine rings is 1. The number of nitrogens with zero attached hydrogens (tertiary/aromatic N) is 1. The van der Waals surface area contributed by atoms with E-state index in [1.165, 1.54) is 25.7 Å². The second-order valence-corrected chi connectivity index (χ2v) is 5.67. The lowest BCUT2D eigenvalue weighted by Crippen LogP contribution is -2.66. The van der Waals surface area contributed by atoms with Gasteiger partial charge in [0.1, 0.15) is 5.54 Å². The van der Waals surface area contributed by atoms with E-state index in [9.17, 15) is 9.59 Å². The van der Waals surface area contributed by atoms with Gasteiger partial charge in [0.05, 0.1) is 6.54 Å². The quantitative estimate of drug-likeness (QED) is 0.828. The summed E-state index contributed by atoms with van der Waals surface area (Å²) < 4.78 is 0. The van der Waals surface area contributed by atoms with Crippen molar-refractivity contribution in [1.82, 2.24) is 10.2 Å². The number of rotatable bonds is 4. The number of amides is 2. The van der Waals surface area contributed by atoms with Crippen LogP contribution in [0.4, 0.5) is 0 Å². The average molecular weight is 252 g/mol. The van der Waals surface area contributed by atoms with E-state index in [1.807, 2.05) is 13.8 Å². The second kappa shape index (κ2) is 5.29. The van der Waals surface area contributed by atoms with Crippen molar-refractivity contribution in [2.45, 2.75) is 57.9 Å². The van der Waals surface area contributed by atoms with Gasteiger partial charge in [-0.05, 0) is 31.6 Å². The van der Waals surface area contributed by atoms with E-state index in [2.05, 4.69) is 5.32 Å². The average Bonchev–Trinajstić information content (AvgIpc) is 2.86. The first-order chi connectivity index (χ1) is 8.61. The molecule has 18 heavy (non-hydrogen) atoms. The number of carbonyl (C=O) groups excluding carboxylic acids is 2. The van der Waals surface area contributed by atoms with Gasteiger partial charge in [-0.25, -0.2) is 0 Å². The third-order valence-electron chi connectivity index (χ3n) is 4.57. The minimum Gasteiger partial charge on any atom is -0.340 e. The fourth-order valence-electron chi connectivity index (χ4n) is 3.29. The molecule has 4 heteroatoms. The first-order valence-corrected chi connectivity index (χ1v) is 7.21. The van der Waals surface area contributed by atoms with Gasteiger partial charge in [-0.1, -0.05) is 26.7 Å². The molecule has 0 aromatic carbocycles. The summed E-state index contributed by atoms with van der Waals surface area (Å²) in [4.78, 5) is 26.2. The Kier molecular flexibility index (Phi) is 3.93. The Morgan fingerprint density at radius 3 is 2.39 bits per heavy atom. The van der Waals surface area contributed by atoms with E-state index in [-0.39, 0.29) is 18.4 Å². The Labute approximate surface area is 109 Å². The third kappa shape index (κ3) is 2.38. The van der Waals surface area contributed by atoms with E-state index < -0.39 is 5.54 Å². The molecule has 1 saturated heterocycles. The Morgan fingerprint density at radius 2 is 1.83 bits per heavy atom. The Hall–Kier alpha value is -1.06. The number of nitrogens with one attached hydrogen (secondary N) is 1. The molecule has 1 aliphatic carbocycles. The largest absolute Gasteiger partial charge is 0.340 e. The zero-order valence-corrected chi connectivity index (χ0v) is 11.5. The van der Waals surface area contributed by atoms with Gasteiger partial charge in [0, 0.05) is 6.54 Å². The summed E-state index contributed by atoms with van der Waals surface area (Å²) in [5.74, 6) is 0.724. The molecule has 0 spiro atoms. The predicted molar refractivity (Wildman–Crippen MR) is 70.0 cm³/mol. The maximum atomic E-state index is 12.6. The van der Waals surface area contributed by atoms with Crippen molar-refractivity contribution in [2.24, 2.45) is 5.92 Å². The van der Waals surface area contributed by atoms with Gasteiger partial charge >= 0.3 is 0 Å². The van der Waals surface area contributed by atoms with Gasteiger partial charge in [-0.2, -0.15) is 0 Å². The summed E-state index contributed by atoms with van der Waals surface area (Å²) in [7, 11) is 0. The minimum atomic E-state index is -0.645. The molecule has 1 heterocycles. The summed E-state index contributed by atoms with van der Waals surface area (Å²) in [6.45, 7) is 4.96. The molecule has 0 radical (unpaired) electrons. The molecule has 0 aromatic heterocycles. The highest BCUT2D eigenvalue weighted by Crippen LogP contribution is 2.28. The Bertz CT molecular complexity index is 331. The zero-order valence-electron chi connectivity index (χ0n) is 11.5. The van der Waals surface area contributed by atoms with Crippen molar-refractivity contribution in [3.05, 3.63) is 0 Å². The van der Waals surface area contributed by atoms with Gasteiger partial charge < -0.3 is 10.2 Å². The minimum absolute atomic E-state index is 0.00343. The molecule has 102 valence electrons. The monoisotopic (exact) mass is 252 g/mol. The fraction of sp³-hybridized carbons (Fsp3) is 0.857. The smallest absolute Gasteiger partial charge is 0.248 e. The van der Waals surface area contributed by atoms with Crippen LogP contribution in [-0.4, -0.2) is 35.3 Å². The van der Waals surface area contributed by atoms with Crippen molar-refractivity contribution >= 4 is 11.8 Å².